The minimum absolute atomic E-state index is 0.0922. The lowest BCUT2D eigenvalue weighted by Crippen LogP contribution is -2.42. The highest BCUT2D eigenvalue weighted by molar-refractivity contribution is 6.30. The van der Waals surface area contributed by atoms with Gasteiger partial charge < -0.3 is 10.7 Å². The maximum Gasteiger partial charge on any atom is 0.0783 e. The Morgan fingerprint density at radius 2 is 0.925 bits per heavy atom. The number of hydrogen-bond donors (Lipinski definition) is 1. The maximum absolute atomic E-state index is 5.94. The van der Waals surface area contributed by atoms with Gasteiger partial charge in [-0.3, -0.25) is 4.99 Å². The monoisotopic (exact) mass is 737 g/mol. The zero-order chi connectivity index (χ0) is 39.3. The van der Waals surface area contributed by atoms with Crippen molar-refractivity contribution < 1.29 is 0 Å². The summed E-state index contributed by atoms with van der Waals surface area (Å²) in [6, 6.07) is 0.379. The fourth-order valence-electron chi connectivity index (χ4n) is 7.23. The molecule has 0 atom stereocenters. The Kier molecular flexibility index (Phi) is 34.4. The van der Waals surface area contributed by atoms with Crippen LogP contribution in [-0.4, -0.2) is 42.5 Å². The van der Waals surface area contributed by atoms with Crippen LogP contribution in [0.4, 0.5) is 0 Å². The highest BCUT2D eigenvalue weighted by atomic mass is 15.1. The molecule has 0 aliphatic carbocycles. The van der Waals surface area contributed by atoms with E-state index in [0.717, 1.165) is 31.4 Å². The summed E-state index contributed by atoms with van der Waals surface area (Å²) in [7, 11) is 4.34. The van der Waals surface area contributed by atoms with Gasteiger partial charge in [0, 0.05) is 17.8 Å². The minimum atomic E-state index is 0.0922. The molecule has 2 N–H and O–H groups in total. The molecule has 0 heterocycles. The van der Waals surface area contributed by atoms with Gasteiger partial charge in [-0.15, -0.1) is 0 Å². The van der Waals surface area contributed by atoms with Gasteiger partial charge >= 0.3 is 0 Å². The quantitative estimate of drug-likeness (QED) is 0.0227. The second kappa shape index (κ2) is 35.7. The number of nitrogens with zero attached hydrogens (tertiary/aromatic N) is 3. The van der Waals surface area contributed by atoms with Crippen molar-refractivity contribution >= 4 is 11.9 Å². The topological polar surface area (TPSA) is 54.0 Å². The molecule has 4 heteroatoms. The fourth-order valence-corrected chi connectivity index (χ4v) is 7.23. The molecule has 0 spiro atoms. The number of hydrogen-bond acceptors (Lipinski definition) is 4. The predicted octanol–water partition coefficient (Wildman–Crippen LogP) is 15.3. The van der Waals surface area contributed by atoms with E-state index < -0.39 is 0 Å². The Balaban J connectivity index is 4.63. The Hall–Kier alpha value is -1.94. The number of allylic oxidation sites excluding steroid dienone is 8. The summed E-state index contributed by atoms with van der Waals surface area (Å²) < 4.78 is 0. The number of nitrogens with two attached hydrogens (primary N) is 1. The molecular formula is C49H92N4. The molecule has 4 nitrogen and oxygen atoms in total. The van der Waals surface area contributed by atoms with Gasteiger partial charge in [-0.1, -0.05) is 166 Å². The van der Waals surface area contributed by atoms with Crippen LogP contribution in [0, 0.1) is 5.41 Å². The van der Waals surface area contributed by atoms with Crippen LogP contribution in [0.25, 0.3) is 0 Å². The van der Waals surface area contributed by atoms with Gasteiger partial charge in [0.1, 0.15) is 0 Å². The normalized spacial score (nSPS) is 13.7. The first kappa shape index (κ1) is 51.1. The van der Waals surface area contributed by atoms with Gasteiger partial charge in [0.05, 0.1) is 5.71 Å². The van der Waals surface area contributed by atoms with E-state index in [0.29, 0.717) is 6.04 Å². The predicted molar refractivity (Wildman–Crippen MR) is 243 cm³/mol. The minimum Gasteiger partial charge on any atom is -0.323 e. The van der Waals surface area contributed by atoms with Crippen LogP contribution in [0.2, 0.25) is 0 Å². The lowest BCUT2D eigenvalue weighted by molar-refractivity contribution is 0.124. The van der Waals surface area contributed by atoms with Crippen LogP contribution in [0.15, 0.2) is 58.7 Å². The van der Waals surface area contributed by atoms with Gasteiger partial charge in [0.2, 0.25) is 0 Å². The summed E-state index contributed by atoms with van der Waals surface area (Å²) in [4.78, 5) is 7.47. The molecule has 0 aliphatic heterocycles. The van der Waals surface area contributed by atoms with E-state index in [4.69, 9.17) is 10.8 Å². The van der Waals surface area contributed by atoms with Crippen molar-refractivity contribution in [1.29, 1.82) is 0 Å². The molecule has 0 rings (SSSR count). The molecule has 0 saturated heterocycles. The molecule has 0 unspecified atom stereocenters. The lowest BCUT2D eigenvalue weighted by Gasteiger charge is -2.39. The Bertz CT molecular complexity index is 932. The van der Waals surface area contributed by atoms with Gasteiger partial charge in [-0.05, 0) is 123 Å². The van der Waals surface area contributed by atoms with Crippen molar-refractivity contribution in [3.8, 4) is 0 Å². The molecule has 308 valence electrons. The Labute approximate surface area is 332 Å². The largest absolute Gasteiger partial charge is 0.323 e. The summed E-state index contributed by atoms with van der Waals surface area (Å²) in [5, 5.41) is 4.22. The first-order chi connectivity index (χ1) is 25.6. The van der Waals surface area contributed by atoms with Gasteiger partial charge in [-0.25, -0.2) is 0 Å². The van der Waals surface area contributed by atoms with E-state index in [1.807, 2.05) is 6.21 Å². The third kappa shape index (κ3) is 34.3. The molecule has 0 aromatic rings. The highest BCUT2D eigenvalue weighted by Crippen LogP contribution is 2.34. The van der Waals surface area contributed by atoms with Crippen LogP contribution in [0.1, 0.15) is 221 Å². The molecule has 0 saturated carbocycles. The molecule has 0 bridgehead atoms. The van der Waals surface area contributed by atoms with E-state index in [2.05, 4.69) is 114 Å². The summed E-state index contributed by atoms with van der Waals surface area (Å²) in [5.41, 5.74) is 1.14. The van der Waals surface area contributed by atoms with Gasteiger partial charge in [-0.2, -0.15) is 5.10 Å². The number of rotatable bonds is 37. The van der Waals surface area contributed by atoms with Crippen molar-refractivity contribution in [3.63, 3.8) is 0 Å². The highest BCUT2D eigenvalue weighted by Gasteiger charge is 2.31. The van der Waals surface area contributed by atoms with E-state index in [-0.39, 0.29) is 11.0 Å². The first-order valence-electron chi connectivity index (χ1n) is 22.6. The zero-order valence-electron chi connectivity index (χ0n) is 37.0. The molecule has 53 heavy (non-hydrogen) atoms. The molecular weight excluding hydrogens is 645 g/mol. The third-order valence-electron chi connectivity index (χ3n) is 10.9. The van der Waals surface area contributed by atoms with Crippen LogP contribution < -0.4 is 5.84 Å². The smallest absolute Gasteiger partial charge is 0.0783 e. The summed E-state index contributed by atoms with van der Waals surface area (Å²) in [5.74, 6) is 5.94. The fraction of sp³-hybridized carbons (Fsp3) is 0.796. The van der Waals surface area contributed by atoms with Gasteiger partial charge in [0.15, 0.2) is 0 Å². The van der Waals surface area contributed by atoms with Crippen molar-refractivity contribution in [2.75, 3.05) is 14.1 Å². The first-order valence-corrected chi connectivity index (χ1v) is 22.6. The Morgan fingerprint density at radius 3 is 1.30 bits per heavy atom. The van der Waals surface area contributed by atoms with Crippen molar-refractivity contribution in [2.24, 2.45) is 21.4 Å². The van der Waals surface area contributed by atoms with E-state index >= 15 is 0 Å². The second-order valence-corrected chi connectivity index (χ2v) is 17.5. The van der Waals surface area contributed by atoms with E-state index in [1.54, 1.807) is 0 Å². The number of unbranched alkanes of at least 4 members (excludes halogenated alkanes) is 18. The summed E-state index contributed by atoms with van der Waals surface area (Å²) >= 11 is 0. The van der Waals surface area contributed by atoms with Crippen molar-refractivity contribution in [1.82, 2.24) is 4.90 Å². The molecule has 0 fully saturated rings. The molecule has 0 amide bonds. The molecule has 0 radical (unpaired) electrons. The van der Waals surface area contributed by atoms with Crippen LogP contribution in [-0.2, 0) is 0 Å². The summed E-state index contributed by atoms with van der Waals surface area (Å²) in [6.45, 7) is 13.8. The summed E-state index contributed by atoms with van der Waals surface area (Å²) in [6.07, 6.45) is 56.2. The zero-order valence-corrected chi connectivity index (χ0v) is 37.0. The van der Waals surface area contributed by atoms with Gasteiger partial charge in [0.25, 0.3) is 0 Å². The second-order valence-electron chi connectivity index (χ2n) is 17.5. The Morgan fingerprint density at radius 1 is 0.547 bits per heavy atom. The molecule has 0 aromatic heterocycles. The van der Waals surface area contributed by atoms with Crippen LogP contribution in [0.3, 0.4) is 0 Å². The average Bonchev–Trinajstić information content (AvgIpc) is 3.11. The third-order valence-corrected chi connectivity index (χ3v) is 10.9. The van der Waals surface area contributed by atoms with Crippen LogP contribution >= 0.6 is 0 Å². The maximum atomic E-state index is 5.94. The molecule has 0 aliphatic rings. The average molecular weight is 737 g/mol. The number of aliphatic imine (C=N–C) groups is 1. The number of hydrazone groups is 1. The lowest BCUT2D eigenvalue weighted by atomic mass is 9.76. The van der Waals surface area contributed by atoms with Crippen LogP contribution in [0.5, 0.6) is 0 Å². The molecule has 0 aromatic carbocycles. The van der Waals surface area contributed by atoms with Crippen molar-refractivity contribution in [3.05, 3.63) is 48.6 Å². The SMILES string of the molecule is CCCCC/C=C\C/C=C\CCCCCCCCC(CCCCCCCC/C=C\C/C=C\CCCCC)N=CC(CC(C)(C)CC(C)(C)N(C)C)=NN. The standard InChI is InChI=1S/C49H92N4/c1-9-11-13-15-17-19-21-23-25-27-29-31-33-35-37-39-41-46(51-44-47(52-50)43-48(3,4)45-49(5,6)53(7)8)42-40-38-36-34-32-30-28-26-24-22-20-18-16-14-12-10-2/h17-20,23-26,44,46H,9-16,21-22,27-43,45,50H2,1-8H3/b19-17-,20-18-,25-23-,26-24-,51-44?,52-47?. The van der Waals surface area contributed by atoms with E-state index in [9.17, 15) is 0 Å². The van der Waals surface area contributed by atoms with Crippen molar-refractivity contribution in [2.45, 2.75) is 233 Å². The van der Waals surface area contributed by atoms with E-state index in [1.165, 1.54) is 154 Å².